The van der Waals surface area contributed by atoms with Crippen molar-refractivity contribution in [3.63, 3.8) is 0 Å². The Kier molecular flexibility index (Phi) is 6.56. The maximum atomic E-state index is 5.15. The van der Waals surface area contributed by atoms with Crippen LogP contribution in [-0.2, 0) is 6.42 Å². The summed E-state index contributed by atoms with van der Waals surface area (Å²) in [6.45, 7) is 0. The highest BCUT2D eigenvalue weighted by Crippen LogP contribution is 2.39. The van der Waals surface area contributed by atoms with Gasteiger partial charge in [-0.05, 0) is 60.4 Å². The number of para-hydroxylation sites is 2. The lowest BCUT2D eigenvalue weighted by atomic mass is 9.99. The van der Waals surface area contributed by atoms with Crippen molar-refractivity contribution < 1.29 is 0 Å². The summed E-state index contributed by atoms with van der Waals surface area (Å²) < 4.78 is 4.64. The number of rotatable bonds is 5. The van der Waals surface area contributed by atoms with E-state index in [0.29, 0.717) is 17.6 Å². The standard InChI is InChI=1S/C45H31N5/c1-4-14-30(15-5-1)43-46-44(31-16-6-2-7-17-31)48-45(47-43)50-40-23-13-10-20-35(40)37-26-24-33(29-42(37)50)32-25-27-41-38(28-32)36-21-11-12-22-39(36)49(41)34-18-8-3-9-19-34/h1-12,14-22,24-29H,13,23H2. The largest absolute Gasteiger partial charge is 0.309 e. The van der Waals surface area contributed by atoms with Crippen molar-refractivity contribution in [2.75, 3.05) is 0 Å². The SMILES string of the molecule is C1=Cc2c(n(-c3nc(-c4ccccc4)nc(-c4ccccc4)n3)c3cc(-c4ccc5c(c4)c4ccccc4n5-c4ccccc4)ccc23)CC1. The first-order chi connectivity index (χ1) is 24.8. The van der Waals surface area contributed by atoms with Crippen LogP contribution in [-0.4, -0.2) is 24.1 Å². The first kappa shape index (κ1) is 28.4. The molecule has 5 heteroatoms. The summed E-state index contributed by atoms with van der Waals surface area (Å²) in [6.07, 6.45) is 6.42. The molecule has 0 spiro atoms. The van der Waals surface area contributed by atoms with Gasteiger partial charge >= 0.3 is 0 Å². The van der Waals surface area contributed by atoms with Crippen molar-refractivity contribution in [1.29, 1.82) is 0 Å². The third-order valence-corrected chi connectivity index (χ3v) is 9.85. The summed E-state index contributed by atoms with van der Waals surface area (Å²) in [6, 6.07) is 53.4. The number of nitrogens with zero attached hydrogens (tertiary/aromatic N) is 5. The van der Waals surface area contributed by atoms with Gasteiger partial charge in [0.25, 0.3) is 0 Å². The number of aromatic nitrogens is 5. The van der Waals surface area contributed by atoms with E-state index in [1.807, 2.05) is 36.4 Å². The Labute approximate surface area is 289 Å². The third-order valence-electron chi connectivity index (χ3n) is 9.85. The molecular weight excluding hydrogens is 611 g/mol. The number of hydrogen-bond donors (Lipinski definition) is 0. The van der Waals surface area contributed by atoms with Crippen molar-refractivity contribution in [3.05, 3.63) is 169 Å². The molecule has 3 aromatic heterocycles. The molecule has 0 N–H and O–H groups in total. The molecule has 0 unspecified atom stereocenters. The zero-order chi connectivity index (χ0) is 33.0. The predicted octanol–water partition coefficient (Wildman–Crippen LogP) is 10.9. The Bertz CT molecular complexity index is 2680. The van der Waals surface area contributed by atoms with E-state index in [0.717, 1.165) is 40.7 Å². The molecule has 1 aliphatic rings. The summed E-state index contributed by atoms with van der Waals surface area (Å²) in [5, 5.41) is 3.67. The van der Waals surface area contributed by atoms with Crippen LogP contribution in [0.15, 0.2) is 158 Å². The highest BCUT2D eigenvalue weighted by atomic mass is 15.2. The second kappa shape index (κ2) is 11.5. The topological polar surface area (TPSA) is 48.5 Å². The van der Waals surface area contributed by atoms with E-state index in [2.05, 4.69) is 137 Å². The van der Waals surface area contributed by atoms with E-state index in [-0.39, 0.29) is 0 Å². The lowest BCUT2D eigenvalue weighted by Crippen LogP contribution is -2.10. The molecule has 0 radical (unpaired) electrons. The maximum absolute atomic E-state index is 5.15. The number of fused-ring (bicyclic) bond motifs is 6. The quantitative estimate of drug-likeness (QED) is 0.188. The van der Waals surface area contributed by atoms with Crippen LogP contribution < -0.4 is 0 Å². The van der Waals surface area contributed by atoms with Crippen molar-refractivity contribution in [2.45, 2.75) is 12.8 Å². The molecule has 0 fully saturated rings. The van der Waals surface area contributed by atoms with Crippen LogP contribution in [0.1, 0.15) is 17.7 Å². The van der Waals surface area contributed by atoms with E-state index in [4.69, 9.17) is 15.0 Å². The molecule has 50 heavy (non-hydrogen) atoms. The van der Waals surface area contributed by atoms with Gasteiger partial charge in [0.2, 0.25) is 5.95 Å². The monoisotopic (exact) mass is 641 g/mol. The van der Waals surface area contributed by atoms with Crippen molar-refractivity contribution in [3.8, 4) is 45.5 Å². The minimum absolute atomic E-state index is 0.637. The van der Waals surface area contributed by atoms with Gasteiger partial charge in [-0.1, -0.05) is 127 Å². The maximum Gasteiger partial charge on any atom is 0.238 e. The first-order valence-corrected chi connectivity index (χ1v) is 17.1. The molecule has 5 nitrogen and oxygen atoms in total. The minimum atomic E-state index is 0.637. The Hall–Kier alpha value is -6.59. The average Bonchev–Trinajstić information content (AvgIpc) is 3.71. The Morgan fingerprint density at radius 1 is 0.440 bits per heavy atom. The van der Waals surface area contributed by atoms with E-state index in [1.165, 1.54) is 44.0 Å². The molecule has 0 atom stereocenters. The smallest absolute Gasteiger partial charge is 0.238 e. The Morgan fingerprint density at radius 2 is 1.06 bits per heavy atom. The molecular formula is C45H31N5. The van der Waals surface area contributed by atoms with Gasteiger partial charge in [0.05, 0.1) is 16.6 Å². The minimum Gasteiger partial charge on any atom is -0.309 e. The second-order valence-corrected chi connectivity index (χ2v) is 12.8. The van der Waals surface area contributed by atoms with Crippen LogP contribution in [0.5, 0.6) is 0 Å². The molecule has 0 bridgehead atoms. The zero-order valence-corrected chi connectivity index (χ0v) is 27.2. The highest BCUT2D eigenvalue weighted by molar-refractivity contribution is 6.10. The summed E-state index contributed by atoms with van der Waals surface area (Å²) in [7, 11) is 0. The van der Waals surface area contributed by atoms with Gasteiger partial charge in [0.1, 0.15) is 0 Å². The molecule has 1 aliphatic carbocycles. The normalized spacial score (nSPS) is 12.6. The summed E-state index contributed by atoms with van der Waals surface area (Å²) in [5.74, 6) is 1.96. The molecule has 0 saturated carbocycles. The molecule has 3 heterocycles. The van der Waals surface area contributed by atoms with Gasteiger partial charge in [0, 0.05) is 44.2 Å². The van der Waals surface area contributed by atoms with Crippen molar-refractivity contribution >= 4 is 38.8 Å². The van der Waals surface area contributed by atoms with Crippen LogP contribution >= 0.6 is 0 Å². The van der Waals surface area contributed by atoms with E-state index >= 15 is 0 Å². The summed E-state index contributed by atoms with van der Waals surface area (Å²) in [4.78, 5) is 15.3. The van der Waals surface area contributed by atoms with Crippen molar-refractivity contribution in [2.24, 2.45) is 0 Å². The molecule has 0 aliphatic heterocycles. The highest BCUT2D eigenvalue weighted by Gasteiger charge is 2.23. The average molecular weight is 642 g/mol. The van der Waals surface area contributed by atoms with Gasteiger partial charge in [0.15, 0.2) is 11.6 Å². The van der Waals surface area contributed by atoms with Gasteiger partial charge < -0.3 is 4.57 Å². The lowest BCUT2D eigenvalue weighted by molar-refractivity contribution is 0.838. The number of allylic oxidation sites excluding steroid dienone is 1. The number of hydrogen-bond acceptors (Lipinski definition) is 3. The third kappa shape index (κ3) is 4.59. The molecule has 9 aromatic rings. The fourth-order valence-electron chi connectivity index (χ4n) is 7.53. The Morgan fingerprint density at radius 3 is 1.80 bits per heavy atom. The first-order valence-electron chi connectivity index (χ1n) is 17.1. The lowest BCUT2D eigenvalue weighted by Gasteiger charge is -2.14. The molecule has 6 aromatic carbocycles. The van der Waals surface area contributed by atoms with Crippen LogP contribution in [0.25, 0.3) is 84.3 Å². The van der Waals surface area contributed by atoms with E-state index in [1.54, 1.807) is 0 Å². The molecule has 10 rings (SSSR count). The fourth-order valence-corrected chi connectivity index (χ4v) is 7.53. The van der Waals surface area contributed by atoms with Crippen LogP contribution in [0.2, 0.25) is 0 Å². The second-order valence-electron chi connectivity index (χ2n) is 12.8. The van der Waals surface area contributed by atoms with Crippen molar-refractivity contribution in [1.82, 2.24) is 24.1 Å². The van der Waals surface area contributed by atoms with E-state index < -0.39 is 0 Å². The van der Waals surface area contributed by atoms with Gasteiger partial charge in [-0.15, -0.1) is 0 Å². The van der Waals surface area contributed by atoms with Crippen LogP contribution in [0, 0.1) is 0 Å². The zero-order valence-electron chi connectivity index (χ0n) is 27.2. The van der Waals surface area contributed by atoms with Crippen LogP contribution in [0.4, 0.5) is 0 Å². The summed E-state index contributed by atoms with van der Waals surface area (Å²) in [5.41, 5.74) is 11.4. The van der Waals surface area contributed by atoms with E-state index in [9.17, 15) is 0 Å². The molecule has 0 saturated heterocycles. The molecule has 0 amide bonds. The van der Waals surface area contributed by atoms with Gasteiger partial charge in [-0.25, -0.2) is 4.98 Å². The Balaban J connectivity index is 1.19. The van der Waals surface area contributed by atoms with Gasteiger partial charge in [-0.3, -0.25) is 4.57 Å². The molecule has 236 valence electrons. The number of benzene rings is 6. The van der Waals surface area contributed by atoms with Crippen LogP contribution in [0.3, 0.4) is 0 Å². The van der Waals surface area contributed by atoms with Gasteiger partial charge in [-0.2, -0.15) is 9.97 Å². The summed E-state index contributed by atoms with van der Waals surface area (Å²) >= 11 is 0. The predicted molar refractivity (Wildman–Crippen MR) is 205 cm³/mol. The fraction of sp³-hybridized carbons (Fsp3) is 0.0444.